The number of hydrogen-bond donors (Lipinski definition) is 4. The summed E-state index contributed by atoms with van der Waals surface area (Å²) in [6.07, 6.45) is 2.15. The van der Waals surface area contributed by atoms with E-state index in [0.29, 0.717) is 6.42 Å². The zero-order valence-electron chi connectivity index (χ0n) is 6.12. The van der Waals surface area contributed by atoms with Gasteiger partial charge in [0.2, 0.25) is 0 Å². The third-order valence-electron chi connectivity index (χ3n) is 1.56. The molecule has 4 nitrogen and oxygen atoms in total. The summed E-state index contributed by atoms with van der Waals surface area (Å²) in [6.45, 7) is 0.0626. The summed E-state index contributed by atoms with van der Waals surface area (Å²) >= 11 is 0. The predicted octanol–water partition coefficient (Wildman–Crippen LogP) is 0.103. The van der Waals surface area contributed by atoms with Gasteiger partial charge in [-0.3, -0.25) is 0 Å². The molecule has 0 spiro atoms. The maximum Gasteiger partial charge on any atom is 0.188 e. The minimum atomic E-state index is -0.197. The van der Waals surface area contributed by atoms with Crippen LogP contribution in [0.4, 0.5) is 0 Å². The smallest absolute Gasteiger partial charge is 0.188 e. The molecule has 1 atom stereocenters. The molecule has 0 amide bonds. The van der Waals surface area contributed by atoms with Crippen LogP contribution in [0.2, 0.25) is 0 Å². The SMILES string of the molecule is NC(CCO)c1c[nH]c(O)c1. The topological polar surface area (TPSA) is 82.3 Å². The Bertz CT molecular complexity index is 222. The first-order valence-electron chi connectivity index (χ1n) is 3.47. The lowest BCUT2D eigenvalue weighted by molar-refractivity contribution is 0.276. The van der Waals surface area contributed by atoms with E-state index in [1.165, 1.54) is 0 Å². The van der Waals surface area contributed by atoms with Gasteiger partial charge in [0.15, 0.2) is 5.88 Å². The molecule has 1 rings (SSSR count). The monoisotopic (exact) mass is 156 g/mol. The number of aliphatic hydroxyl groups is 1. The average Bonchev–Trinajstić information content (AvgIpc) is 2.36. The minimum Gasteiger partial charge on any atom is -0.495 e. The third-order valence-corrected chi connectivity index (χ3v) is 1.56. The number of aromatic nitrogens is 1. The minimum absolute atomic E-state index is 0.0626. The van der Waals surface area contributed by atoms with Crippen molar-refractivity contribution in [2.45, 2.75) is 12.5 Å². The van der Waals surface area contributed by atoms with E-state index < -0.39 is 0 Å². The number of rotatable bonds is 3. The van der Waals surface area contributed by atoms with Crippen LogP contribution in [-0.4, -0.2) is 21.8 Å². The first kappa shape index (κ1) is 8.10. The van der Waals surface area contributed by atoms with Gasteiger partial charge in [-0.15, -0.1) is 0 Å². The number of aromatic amines is 1. The van der Waals surface area contributed by atoms with Gasteiger partial charge in [-0.05, 0) is 12.0 Å². The van der Waals surface area contributed by atoms with Gasteiger partial charge >= 0.3 is 0 Å². The van der Waals surface area contributed by atoms with Gasteiger partial charge in [-0.25, -0.2) is 0 Å². The van der Waals surface area contributed by atoms with Crippen LogP contribution in [0.25, 0.3) is 0 Å². The summed E-state index contributed by atoms with van der Waals surface area (Å²) in [6, 6.07) is 1.36. The predicted molar refractivity (Wildman–Crippen MR) is 41.1 cm³/mol. The highest BCUT2D eigenvalue weighted by Crippen LogP contribution is 2.17. The van der Waals surface area contributed by atoms with Crippen LogP contribution in [0, 0.1) is 0 Å². The van der Waals surface area contributed by atoms with Crippen molar-refractivity contribution < 1.29 is 10.2 Å². The van der Waals surface area contributed by atoms with Crippen molar-refractivity contribution in [1.82, 2.24) is 4.98 Å². The van der Waals surface area contributed by atoms with E-state index in [2.05, 4.69) is 4.98 Å². The molecule has 0 bridgehead atoms. The lowest BCUT2D eigenvalue weighted by atomic mass is 10.1. The summed E-state index contributed by atoms with van der Waals surface area (Å²) in [5.41, 5.74) is 6.44. The van der Waals surface area contributed by atoms with Crippen molar-refractivity contribution in [2.75, 3.05) is 6.61 Å². The second-order valence-electron chi connectivity index (χ2n) is 2.44. The van der Waals surface area contributed by atoms with E-state index >= 15 is 0 Å². The highest BCUT2D eigenvalue weighted by molar-refractivity contribution is 5.22. The lowest BCUT2D eigenvalue weighted by Gasteiger charge is -2.05. The Morgan fingerprint density at radius 3 is 2.82 bits per heavy atom. The van der Waals surface area contributed by atoms with Gasteiger partial charge < -0.3 is 20.9 Å². The molecule has 62 valence electrons. The number of H-pyrrole nitrogens is 1. The molecular formula is C7H12N2O2. The Kier molecular flexibility index (Phi) is 2.51. The van der Waals surface area contributed by atoms with Crippen LogP contribution >= 0.6 is 0 Å². The van der Waals surface area contributed by atoms with Gasteiger partial charge in [-0.2, -0.15) is 0 Å². The van der Waals surface area contributed by atoms with Crippen LogP contribution in [0.3, 0.4) is 0 Å². The molecule has 4 heteroatoms. The summed E-state index contributed by atoms with van der Waals surface area (Å²) in [7, 11) is 0. The molecule has 0 saturated carbocycles. The first-order valence-corrected chi connectivity index (χ1v) is 3.47. The third kappa shape index (κ3) is 1.96. The van der Waals surface area contributed by atoms with Gasteiger partial charge in [0.1, 0.15) is 0 Å². The van der Waals surface area contributed by atoms with Crippen molar-refractivity contribution in [1.29, 1.82) is 0 Å². The molecule has 0 aliphatic rings. The Morgan fingerprint density at radius 2 is 2.36 bits per heavy atom. The maximum atomic E-state index is 8.90. The molecule has 0 aromatic carbocycles. The Balaban J connectivity index is 2.60. The van der Waals surface area contributed by atoms with Crippen molar-refractivity contribution in [2.24, 2.45) is 5.73 Å². The van der Waals surface area contributed by atoms with Gasteiger partial charge in [0.05, 0.1) is 0 Å². The molecule has 1 unspecified atom stereocenters. The molecule has 1 aromatic rings. The van der Waals surface area contributed by atoms with E-state index in [1.807, 2.05) is 0 Å². The second-order valence-corrected chi connectivity index (χ2v) is 2.44. The zero-order valence-corrected chi connectivity index (χ0v) is 6.12. The molecule has 0 fully saturated rings. The highest BCUT2D eigenvalue weighted by atomic mass is 16.3. The fourth-order valence-electron chi connectivity index (χ4n) is 0.918. The fourth-order valence-corrected chi connectivity index (χ4v) is 0.918. The Labute approximate surface area is 64.7 Å². The zero-order chi connectivity index (χ0) is 8.27. The Hall–Kier alpha value is -1.00. The second kappa shape index (κ2) is 3.41. The number of hydrogen-bond acceptors (Lipinski definition) is 3. The summed E-state index contributed by atoms with van der Waals surface area (Å²) in [5.74, 6) is 0.105. The summed E-state index contributed by atoms with van der Waals surface area (Å²) < 4.78 is 0. The normalized spacial score (nSPS) is 13.3. The molecule has 5 N–H and O–H groups in total. The summed E-state index contributed by atoms with van der Waals surface area (Å²) in [4.78, 5) is 2.60. The lowest BCUT2D eigenvalue weighted by Crippen LogP contribution is -2.10. The van der Waals surface area contributed by atoms with Gasteiger partial charge in [-0.1, -0.05) is 0 Å². The van der Waals surface area contributed by atoms with Crippen LogP contribution in [0.5, 0.6) is 5.88 Å². The van der Waals surface area contributed by atoms with Gasteiger partial charge in [0, 0.05) is 24.9 Å². The van der Waals surface area contributed by atoms with Crippen molar-refractivity contribution >= 4 is 0 Å². The van der Waals surface area contributed by atoms with Crippen LogP contribution < -0.4 is 5.73 Å². The fraction of sp³-hybridized carbons (Fsp3) is 0.429. The highest BCUT2D eigenvalue weighted by Gasteiger charge is 2.06. The molecule has 11 heavy (non-hydrogen) atoms. The maximum absolute atomic E-state index is 8.90. The van der Waals surface area contributed by atoms with E-state index in [1.54, 1.807) is 12.3 Å². The first-order chi connectivity index (χ1) is 5.24. The van der Waals surface area contributed by atoms with Gasteiger partial charge in [0.25, 0.3) is 0 Å². The summed E-state index contributed by atoms with van der Waals surface area (Å²) in [5, 5.41) is 17.4. The number of nitrogens with two attached hydrogens (primary N) is 1. The van der Waals surface area contributed by atoms with E-state index in [9.17, 15) is 0 Å². The quantitative estimate of drug-likeness (QED) is 0.501. The molecular weight excluding hydrogens is 144 g/mol. The number of nitrogens with one attached hydrogen (secondary N) is 1. The van der Waals surface area contributed by atoms with Crippen molar-refractivity contribution in [3.63, 3.8) is 0 Å². The molecule has 0 radical (unpaired) electrons. The number of aliphatic hydroxyl groups excluding tert-OH is 1. The molecule has 0 aliphatic carbocycles. The molecule has 1 heterocycles. The largest absolute Gasteiger partial charge is 0.495 e. The van der Waals surface area contributed by atoms with Crippen molar-refractivity contribution in [3.8, 4) is 5.88 Å². The van der Waals surface area contributed by atoms with Crippen LogP contribution in [-0.2, 0) is 0 Å². The molecule has 0 aliphatic heterocycles. The average molecular weight is 156 g/mol. The van der Waals surface area contributed by atoms with E-state index in [-0.39, 0.29) is 18.5 Å². The van der Waals surface area contributed by atoms with Crippen LogP contribution in [0.1, 0.15) is 18.0 Å². The standard InChI is InChI=1S/C7H12N2O2/c8-6(1-2-10)5-3-7(11)9-4-5/h3-4,6,9-11H,1-2,8H2. The van der Waals surface area contributed by atoms with Crippen molar-refractivity contribution in [3.05, 3.63) is 17.8 Å². The molecule has 0 saturated heterocycles. The van der Waals surface area contributed by atoms with E-state index in [0.717, 1.165) is 5.56 Å². The number of aromatic hydroxyl groups is 1. The van der Waals surface area contributed by atoms with Crippen LogP contribution in [0.15, 0.2) is 12.3 Å². The molecule has 1 aromatic heterocycles. The van der Waals surface area contributed by atoms with E-state index in [4.69, 9.17) is 15.9 Å². The Morgan fingerprint density at radius 1 is 1.64 bits per heavy atom.